The third-order valence-corrected chi connectivity index (χ3v) is 7.72. The van der Waals surface area contributed by atoms with E-state index in [1.165, 1.54) is 12.1 Å². The minimum absolute atomic E-state index is 0.101. The van der Waals surface area contributed by atoms with Crippen molar-refractivity contribution in [2.45, 2.75) is 48.1 Å². The minimum atomic E-state index is -3.76. The van der Waals surface area contributed by atoms with Crippen LogP contribution in [0, 0.1) is 0 Å². The quantitative estimate of drug-likeness (QED) is 0.343. The summed E-state index contributed by atoms with van der Waals surface area (Å²) in [7, 11) is -2.08. The van der Waals surface area contributed by atoms with Gasteiger partial charge in [0.05, 0.1) is 9.79 Å². The van der Waals surface area contributed by atoms with Crippen molar-refractivity contribution in [2.24, 2.45) is 4.99 Å². The summed E-state index contributed by atoms with van der Waals surface area (Å²) in [6, 6.07) is 16.7. The van der Waals surface area contributed by atoms with Crippen LogP contribution in [0.5, 0.6) is 0 Å². The fraction of sp³-hybridized carbons (Fsp3) is 0.269. The molecular formula is C26H29N5O3S. The zero-order valence-electron chi connectivity index (χ0n) is 19.6. The zero-order chi connectivity index (χ0) is 24.7. The van der Waals surface area contributed by atoms with Crippen molar-refractivity contribution in [3.05, 3.63) is 84.2 Å². The lowest BCUT2D eigenvalue weighted by Gasteiger charge is -2.13. The van der Waals surface area contributed by atoms with E-state index >= 15 is 0 Å². The van der Waals surface area contributed by atoms with Crippen LogP contribution in [-0.2, 0) is 16.4 Å². The predicted octanol–water partition coefficient (Wildman–Crippen LogP) is 3.77. The molecule has 3 N–H and O–H groups in total. The smallest absolute Gasteiger partial charge is 0.251 e. The van der Waals surface area contributed by atoms with Crippen molar-refractivity contribution in [1.82, 2.24) is 15.6 Å². The van der Waals surface area contributed by atoms with E-state index in [9.17, 15) is 13.2 Å². The SMILES string of the molecule is CN=C(NCc1ccc(S(=O)(=O)c2cccc(C(=O)NC3CCCC3)c2)cc1)Nc1ccncc1. The molecular weight excluding hydrogens is 462 g/mol. The highest BCUT2D eigenvalue weighted by molar-refractivity contribution is 7.91. The van der Waals surface area contributed by atoms with Gasteiger partial charge in [-0.05, 0) is 60.9 Å². The summed E-state index contributed by atoms with van der Waals surface area (Å²) in [6.07, 6.45) is 7.53. The normalized spacial score (nSPS) is 14.5. The number of guanidine groups is 1. The van der Waals surface area contributed by atoms with Gasteiger partial charge >= 0.3 is 0 Å². The van der Waals surface area contributed by atoms with E-state index < -0.39 is 9.84 Å². The van der Waals surface area contributed by atoms with E-state index in [1.54, 1.807) is 55.8 Å². The van der Waals surface area contributed by atoms with Gasteiger partial charge in [0.2, 0.25) is 9.84 Å². The van der Waals surface area contributed by atoms with E-state index in [0.29, 0.717) is 18.1 Å². The molecule has 1 fully saturated rings. The van der Waals surface area contributed by atoms with Crippen molar-refractivity contribution < 1.29 is 13.2 Å². The number of hydrogen-bond acceptors (Lipinski definition) is 5. The lowest BCUT2D eigenvalue weighted by Crippen LogP contribution is -2.32. The van der Waals surface area contributed by atoms with Gasteiger partial charge in [0.15, 0.2) is 5.96 Å². The van der Waals surface area contributed by atoms with Crippen LogP contribution in [0.15, 0.2) is 87.8 Å². The van der Waals surface area contributed by atoms with E-state index in [4.69, 9.17) is 0 Å². The molecule has 1 amide bonds. The number of carbonyl (C=O) groups is 1. The van der Waals surface area contributed by atoms with Crippen LogP contribution < -0.4 is 16.0 Å². The summed E-state index contributed by atoms with van der Waals surface area (Å²) in [4.78, 5) is 21.1. The monoisotopic (exact) mass is 491 g/mol. The first kappa shape index (κ1) is 24.4. The van der Waals surface area contributed by atoms with Gasteiger partial charge in [-0.25, -0.2) is 8.42 Å². The molecule has 9 heteroatoms. The molecule has 182 valence electrons. The molecule has 3 aromatic rings. The summed E-state index contributed by atoms with van der Waals surface area (Å²) < 4.78 is 26.4. The third-order valence-electron chi connectivity index (χ3n) is 5.96. The number of nitrogens with zero attached hydrogens (tertiary/aromatic N) is 2. The van der Waals surface area contributed by atoms with Gasteiger partial charge in [-0.3, -0.25) is 14.8 Å². The molecule has 0 unspecified atom stereocenters. The fourth-order valence-corrected chi connectivity index (χ4v) is 5.31. The number of carbonyl (C=O) groups excluding carboxylic acids is 1. The van der Waals surface area contributed by atoms with Crippen LogP contribution >= 0.6 is 0 Å². The minimum Gasteiger partial charge on any atom is -0.352 e. The van der Waals surface area contributed by atoms with Crippen LogP contribution in [0.25, 0.3) is 0 Å². The number of rotatable bonds is 7. The molecule has 1 saturated carbocycles. The molecule has 35 heavy (non-hydrogen) atoms. The molecule has 1 heterocycles. The van der Waals surface area contributed by atoms with Gasteiger partial charge in [-0.15, -0.1) is 0 Å². The molecule has 4 rings (SSSR count). The molecule has 0 radical (unpaired) electrons. The second-order valence-corrected chi connectivity index (χ2v) is 10.4. The fourth-order valence-electron chi connectivity index (χ4n) is 4.00. The number of aromatic nitrogens is 1. The highest BCUT2D eigenvalue weighted by atomic mass is 32.2. The number of nitrogens with one attached hydrogen (secondary N) is 3. The lowest BCUT2D eigenvalue weighted by molar-refractivity contribution is 0.0937. The molecule has 2 aromatic carbocycles. The van der Waals surface area contributed by atoms with E-state index in [-0.39, 0.29) is 21.7 Å². The van der Waals surface area contributed by atoms with Crippen LogP contribution in [0.2, 0.25) is 0 Å². The number of amides is 1. The predicted molar refractivity (Wildman–Crippen MR) is 136 cm³/mol. The first-order valence-corrected chi connectivity index (χ1v) is 13.1. The molecule has 1 aliphatic rings. The highest BCUT2D eigenvalue weighted by Crippen LogP contribution is 2.23. The average Bonchev–Trinajstić information content (AvgIpc) is 3.40. The van der Waals surface area contributed by atoms with Crippen LogP contribution in [-0.4, -0.2) is 38.4 Å². The maximum Gasteiger partial charge on any atom is 0.251 e. The maximum absolute atomic E-state index is 13.2. The zero-order valence-corrected chi connectivity index (χ0v) is 20.4. The topological polar surface area (TPSA) is 113 Å². The first-order valence-electron chi connectivity index (χ1n) is 11.6. The number of anilines is 1. The standard InChI is InChI=1S/C26H29N5O3S/c1-27-26(31-22-13-15-28-16-14-22)29-18-19-9-11-23(12-10-19)35(33,34)24-8-4-5-20(17-24)25(32)30-21-6-2-3-7-21/h4-5,8-17,21H,2-3,6-7,18H2,1H3,(H,30,32)(H2,27,28,29,31). The number of hydrogen-bond donors (Lipinski definition) is 3. The van der Waals surface area contributed by atoms with Gasteiger partial charge in [0, 0.05) is 43.3 Å². The molecule has 1 aliphatic carbocycles. The van der Waals surface area contributed by atoms with E-state index in [1.807, 2.05) is 12.1 Å². The molecule has 1 aromatic heterocycles. The molecule has 0 aliphatic heterocycles. The Balaban J connectivity index is 1.41. The Hall–Kier alpha value is -3.72. The third kappa shape index (κ3) is 6.24. The van der Waals surface area contributed by atoms with Crippen molar-refractivity contribution in [3.63, 3.8) is 0 Å². The molecule has 8 nitrogen and oxygen atoms in total. The van der Waals surface area contributed by atoms with Gasteiger partial charge in [-0.2, -0.15) is 0 Å². The summed E-state index contributed by atoms with van der Waals surface area (Å²) in [5.74, 6) is 0.352. The summed E-state index contributed by atoms with van der Waals surface area (Å²) >= 11 is 0. The Kier molecular flexibility index (Phi) is 7.77. The van der Waals surface area contributed by atoms with Crippen molar-refractivity contribution in [1.29, 1.82) is 0 Å². The largest absolute Gasteiger partial charge is 0.352 e. The van der Waals surface area contributed by atoms with Gasteiger partial charge < -0.3 is 16.0 Å². The lowest BCUT2D eigenvalue weighted by atomic mass is 10.2. The van der Waals surface area contributed by atoms with Gasteiger partial charge in [0.1, 0.15) is 0 Å². The Bertz CT molecular complexity index is 1290. The number of benzene rings is 2. The van der Waals surface area contributed by atoms with Crippen LogP contribution in [0.3, 0.4) is 0 Å². The second kappa shape index (κ2) is 11.1. The van der Waals surface area contributed by atoms with Crippen LogP contribution in [0.4, 0.5) is 5.69 Å². The number of sulfone groups is 1. The summed E-state index contributed by atoms with van der Waals surface area (Å²) in [5.41, 5.74) is 2.10. The van der Waals surface area contributed by atoms with Crippen LogP contribution in [0.1, 0.15) is 41.6 Å². The van der Waals surface area contributed by atoms with E-state index in [0.717, 1.165) is 36.9 Å². The molecule has 0 atom stereocenters. The summed E-state index contributed by atoms with van der Waals surface area (Å²) in [6.45, 7) is 0.460. The second-order valence-electron chi connectivity index (χ2n) is 8.42. The van der Waals surface area contributed by atoms with Crippen molar-refractivity contribution in [3.8, 4) is 0 Å². The van der Waals surface area contributed by atoms with Crippen molar-refractivity contribution >= 4 is 27.4 Å². The van der Waals surface area contributed by atoms with Gasteiger partial charge in [-0.1, -0.05) is 31.0 Å². The van der Waals surface area contributed by atoms with Crippen molar-refractivity contribution in [2.75, 3.05) is 12.4 Å². The number of aliphatic imine (C=N–C) groups is 1. The molecule has 0 bridgehead atoms. The summed E-state index contributed by atoms with van der Waals surface area (Å²) in [5, 5.41) is 9.37. The Morgan fingerprint density at radius 3 is 2.40 bits per heavy atom. The average molecular weight is 492 g/mol. The van der Waals surface area contributed by atoms with Gasteiger partial charge in [0.25, 0.3) is 5.91 Å². The molecule has 0 saturated heterocycles. The Morgan fingerprint density at radius 2 is 1.71 bits per heavy atom. The molecule has 0 spiro atoms. The Morgan fingerprint density at radius 1 is 1.00 bits per heavy atom. The van der Waals surface area contributed by atoms with E-state index in [2.05, 4.69) is 25.9 Å². The Labute approximate surface area is 205 Å². The highest BCUT2D eigenvalue weighted by Gasteiger charge is 2.21. The number of pyridine rings is 1. The first-order chi connectivity index (χ1) is 17.0. The maximum atomic E-state index is 13.2.